The number of hydrogen-bond acceptors (Lipinski definition) is 8. The molecule has 0 unspecified atom stereocenters. The smallest absolute Gasteiger partial charge is 0.270 e. The Hall–Kier alpha value is -3.36. The third-order valence-corrected chi connectivity index (χ3v) is 3.66. The predicted octanol–water partition coefficient (Wildman–Crippen LogP) is 1.67. The number of anilines is 1. The summed E-state index contributed by atoms with van der Waals surface area (Å²) in [5, 5.41) is 6.70. The number of nitrogens with two attached hydrogens (primary N) is 1. The van der Waals surface area contributed by atoms with E-state index in [2.05, 4.69) is 44.3 Å². The van der Waals surface area contributed by atoms with Gasteiger partial charge in [-0.1, -0.05) is 19.0 Å². The molecule has 0 aliphatic heterocycles. The molecule has 27 heavy (non-hydrogen) atoms. The summed E-state index contributed by atoms with van der Waals surface area (Å²) in [6.45, 7) is 4.47. The lowest BCUT2D eigenvalue weighted by Crippen LogP contribution is -2.27. The van der Waals surface area contributed by atoms with E-state index in [-0.39, 0.29) is 17.5 Å². The van der Waals surface area contributed by atoms with E-state index in [9.17, 15) is 4.79 Å². The molecular formula is C18H21N7O2. The van der Waals surface area contributed by atoms with Gasteiger partial charge in [0.25, 0.3) is 5.91 Å². The highest BCUT2D eigenvalue weighted by Gasteiger charge is 2.13. The van der Waals surface area contributed by atoms with Crippen LogP contribution in [0.3, 0.4) is 0 Å². The number of carbonyl (C=O) groups is 1. The van der Waals surface area contributed by atoms with Gasteiger partial charge in [0.1, 0.15) is 5.69 Å². The molecule has 0 saturated heterocycles. The molecule has 0 aliphatic rings. The largest absolute Gasteiger partial charge is 0.368 e. The van der Waals surface area contributed by atoms with E-state index in [1.54, 1.807) is 24.5 Å². The molecule has 140 valence electrons. The zero-order valence-electron chi connectivity index (χ0n) is 15.2. The topological polar surface area (TPSA) is 133 Å². The Kier molecular flexibility index (Phi) is 5.70. The van der Waals surface area contributed by atoms with Gasteiger partial charge in [-0.15, -0.1) is 0 Å². The highest BCUT2D eigenvalue weighted by molar-refractivity contribution is 5.92. The second-order valence-electron chi connectivity index (χ2n) is 6.46. The number of carbonyl (C=O) groups excluding carboxylic acids is 1. The second kappa shape index (κ2) is 8.35. The Balaban J connectivity index is 1.57. The van der Waals surface area contributed by atoms with E-state index < -0.39 is 0 Å². The van der Waals surface area contributed by atoms with E-state index in [1.165, 1.54) is 0 Å². The second-order valence-corrected chi connectivity index (χ2v) is 6.46. The molecule has 0 aliphatic carbocycles. The predicted molar refractivity (Wildman–Crippen MR) is 98.6 cm³/mol. The zero-order chi connectivity index (χ0) is 19.2. The monoisotopic (exact) mass is 367 g/mol. The van der Waals surface area contributed by atoms with Gasteiger partial charge in [0.15, 0.2) is 0 Å². The van der Waals surface area contributed by atoms with E-state index in [0.29, 0.717) is 30.6 Å². The fourth-order valence-corrected chi connectivity index (χ4v) is 2.50. The molecule has 0 radical (unpaired) electrons. The lowest BCUT2D eigenvalue weighted by atomic mass is 10.1. The molecule has 0 atom stereocenters. The van der Waals surface area contributed by atoms with Crippen LogP contribution in [0.15, 0.2) is 35.1 Å². The summed E-state index contributed by atoms with van der Waals surface area (Å²) in [7, 11) is 0. The highest BCUT2D eigenvalue weighted by atomic mass is 16.5. The Labute approximate surface area is 156 Å². The molecule has 3 heterocycles. The highest BCUT2D eigenvalue weighted by Crippen LogP contribution is 2.13. The van der Waals surface area contributed by atoms with Crippen LogP contribution < -0.4 is 11.1 Å². The summed E-state index contributed by atoms with van der Waals surface area (Å²) >= 11 is 0. The quantitative estimate of drug-likeness (QED) is 0.644. The van der Waals surface area contributed by atoms with Crippen molar-refractivity contribution in [2.45, 2.75) is 26.7 Å². The van der Waals surface area contributed by atoms with Crippen LogP contribution in [-0.4, -0.2) is 37.5 Å². The number of nitrogens with zero attached hydrogens (tertiary/aromatic N) is 5. The molecule has 0 spiro atoms. The van der Waals surface area contributed by atoms with Crippen molar-refractivity contribution in [2.75, 3.05) is 12.3 Å². The fraction of sp³-hybridized carbons (Fsp3) is 0.333. The summed E-state index contributed by atoms with van der Waals surface area (Å²) in [6.07, 6.45) is 4.46. The number of pyridine rings is 1. The fourth-order valence-electron chi connectivity index (χ4n) is 2.50. The standard InChI is InChI=1S/C18H21N7O2/c1-11(2)8-13-9-14(23-18(19)22-13)17(26)21-7-5-15-24-16(25-27-15)12-4-3-6-20-10-12/h3-4,6,9-11H,5,7-8H2,1-2H3,(H,21,26)(H2,19,22,23). The summed E-state index contributed by atoms with van der Waals surface area (Å²) in [5.41, 5.74) is 7.48. The van der Waals surface area contributed by atoms with Gasteiger partial charge in [0.2, 0.25) is 17.7 Å². The molecule has 0 fully saturated rings. The molecule has 9 heteroatoms. The number of nitrogens with one attached hydrogen (secondary N) is 1. The van der Waals surface area contributed by atoms with Crippen molar-refractivity contribution in [2.24, 2.45) is 5.92 Å². The van der Waals surface area contributed by atoms with Crippen LogP contribution in [0, 0.1) is 5.92 Å². The van der Waals surface area contributed by atoms with Crippen molar-refractivity contribution in [3.05, 3.63) is 47.9 Å². The zero-order valence-corrected chi connectivity index (χ0v) is 15.2. The minimum atomic E-state index is -0.318. The van der Waals surface area contributed by atoms with Gasteiger partial charge < -0.3 is 15.6 Å². The minimum absolute atomic E-state index is 0.0938. The summed E-state index contributed by atoms with van der Waals surface area (Å²) in [5.74, 6) is 1.07. The van der Waals surface area contributed by atoms with Crippen molar-refractivity contribution in [1.29, 1.82) is 0 Å². The average molecular weight is 367 g/mol. The molecule has 0 saturated carbocycles. The number of rotatable bonds is 7. The molecule has 3 N–H and O–H groups in total. The van der Waals surface area contributed by atoms with Crippen LogP contribution in [0.5, 0.6) is 0 Å². The SMILES string of the molecule is CC(C)Cc1cc(C(=O)NCCc2nc(-c3cccnc3)no2)nc(N)n1. The Morgan fingerprint density at radius 2 is 2.15 bits per heavy atom. The lowest BCUT2D eigenvalue weighted by Gasteiger charge is -2.08. The molecule has 3 aromatic heterocycles. The van der Waals surface area contributed by atoms with Crippen LogP contribution in [0.4, 0.5) is 5.95 Å². The van der Waals surface area contributed by atoms with Crippen LogP contribution in [0.25, 0.3) is 11.4 Å². The molecular weight excluding hydrogens is 346 g/mol. The van der Waals surface area contributed by atoms with Gasteiger partial charge in [-0.3, -0.25) is 9.78 Å². The first kappa shape index (κ1) is 18.4. The molecule has 3 rings (SSSR count). The number of aromatic nitrogens is 5. The number of hydrogen-bond donors (Lipinski definition) is 2. The molecule has 0 bridgehead atoms. The van der Waals surface area contributed by atoms with Gasteiger partial charge in [-0.2, -0.15) is 4.98 Å². The third kappa shape index (κ3) is 5.06. The van der Waals surface area contributed by atoms with Crippen molar-refractivity contribution in [1.82, 2.24) is 30.4 Å². The van der Waals surface area contributed by atoms with Crippen LogP contribution in [0.2, 0.25) is 0 Å². The first-order valence-electron chi connectivity index (χ1n) is 8.66. The molecule has 0 aromatic carbocycles. The van der Waals surface area contributed by atoms with Crippen LogP contribution >= 0.6 is 0 Å². The van der Waals surface area contributed by atoms with Gasteiger partial charge in [0.05, 0.1) is 0 Å². The minimum Gasteiger partial charge on any atom is -0.368 e. The molecule has 1 amide bonds. The van der Waals surface area contributed by atoms with E-state index in [1.807, 2.05) is 6.07 Å². The van der Waals surface area contributed by atoms with Crippen LogP contribution in [0.1, 0.15) is 35.9 Å². The normalized spacial score (nSPS) is 10.9. The first-order chi connectivity index (χ1) is 13.0. The lowest BCUT2D eigenvalue weighted by molar-refractivity contribution is 0.0948. The van der Waals surface area contributed by atoms with Gasteiger partial charge >= 0.3 is 0 Å². The Morgan fingerprint density at radius 3 is 2.89 bits per heavy atom. The van der Waals surface area contributed by atoms with E-state index >= 15 is 0 Å². The number of nitrogen functional groups attached to an aromatic ring is 1. The van der Waals surface area contributed by atoms with Gasteiger partial charge in [-0.05, 0) is 30.5 Å². The Morgan fingerprint density at radius 1 is 1.30 bits per heavy atom. The van der Waals surface area contributed by atoms with Crippen molar-refractivity contribution in [3.8, 4) is 11.4 Å². The Bertz CT molecular complexity index is 909. The number of amides is 1. The van der Waals surface area contributed by atoms with E-state index in [0.717, 1.165) is 17.7 Å². The van der Waals surface area contributed by atoms with Gasteiger partial charge in [0, 0.05) is 36.6 Å². The van der Waals surface area contributed by atoms with E-state index in [4.69, 9.17) is 10.3 Å². The van der Waals surface area contributed by atoms with Gasteiger partial charge in [-0.25, -0.2) is 9.97 Å². The van der Waals surface area contributed by atoms with Crippen molar-refractivity contribution < 1.29 is 9.32 Å². The third-order valence-electron chi connectivity index (χ3n) is 3.66. The van der Waals surface area contributed by atoms with Crippen molar-refractivity contribution in [3.63, 3.8) is 0 Å². The maximum atomic E-state index is 12.3. The maximum absolute atomic E-state index is 12.3. The summed E-state index contributed by atoms with van der Waals surface area (Å²) < 4.78 is 5.20. The van der Waals surface area contributed by atoms with Crippen LogP contribution in [-0.2, 0) is 12.8 Å². The summed E-state index contributed by atoms with van der Waals surface area (Å²) in [6, 6.07) is 5.31. The maximum Gasteiger partial charge on any atom is 0.270 e. The summed E-state index contributed by atoms with van der Waals surface area (Å²) in [4.78, 5) is 28.8. The first-order valence-corrected chi connectivity index (χ1v) is 8.66. The molecule has 3 aromatic rings. The molecule has 9 nitrogen and oxygen atoms in total. The average Bonchev–Trinajstić information content (AvgIpc) is 3.10. The van der Waals surface area contributed by atoms with Crippen molar-refractivity contribution >= 4 is 11.9 Å².